The maximum absolute atomic E-state index is 10.7. The van der Waals surface area contributed by atoms with E-state index in [0.717, 1.165) is 6.07 Å². The van der Waals surface area contributed by atoms with E-state index < -0.39 is 28.2 Å². The van der Waals surface area contributed by atoms with Crippen LogP contribution >= 0.6 is 49.6 Å². The van der Waals surface area contributed by atoms with Gasteiger partial charge in [0.05, 0.1) is 16.6 Å². The van der Waals surface area contributed by atoms with Crippen LogP contribution in [0.1, 0.15) is 28.9 Å². The van der Waals surface area contributed by atoms with Crippen LogP contribution < -0.4 is 0 Å². The summed E-state index contributed by atoms with van der Waals surface area (Å²) in [5.74, 6) is -1.38. The quantitative estimate of drug-likeness (QED) is 0.458. The molecule has 2 N–H and O–H groups in total. The molecule has 1 aromatic rings. The van der Waals surface area contributed by atoms with E-state index in [0.29, 0.717) is 0 Å². The number of aliphatic hydroxyl groups excluding tert-OH is 1. The third kappa shape index (κ3) is 7.64. The standard InChI is InChI=1S/C9H9NO5.4ClH.Ti/c1-5(11)6-3-2-4-7(9(12)13)8(6)10(14)15;;;;;/h2-5,11H,1H3,(H,12,13);4*1H;. The van der Waals surface area contributed by atoms with Crippen LogP contribution in [0.25, 0.3) is 0 Å². The third-order valence-corrected chi connectivity index (χ3v) is 1.93. The number of carboxylic acid groups (broad SMARTS) is 1. The Morgan fingerprint density at radius 2 is 1.70 bits per heavy atom. The molecule has 0 aliphatic carbocycles. The molecule has 0 aromatic heterocycles. The van der Waals surface area contributed by atoms with Crippen molar-refractivity contribution in [1.82, 2.24) is 0 Å². The van der Waals surface area contributed by atoms with Gasteiger partial charge in [0.1, 0.15) is 5.56 Å². The predicted octanol–water partition coefficient (Wildman–Crippen LogP) is 3.03. The van der Waals surface area contributed by atoms with Gasteiger partial charge in [-0.05, 0) is 19.1 Å². The molecule has 0 aliphatic heterocycles. The Morgan fingerprint density at radius 1 is 1.25 bits per heavy atom. The summed E-state index contributed by atoms with van der Waals surface area (Å²) in [4.78, 5) is 20.6. The second kappa shape index (κ2) is 13.9. The van der Waals surface area contributed by atoms with Crippen LogP contribution in [-0.2, 0) is 21.7 Å². The summed E-state index contributed by atoms with van der Waals surface area (Å²) in [5, 5.41) is 28.7. The monoisotopic (exact) mass is 403 g/mol. The Kier molecular flexibility index (Phi) is 22.2. The zero-order valence-electron chi connectivity index (χ0n) is 10.0. The summed E-state index contributed by atoms with van der Waals surface area (Å²) in [5.41, 5.74) is -0.974. The Balaban J connectivity index is -0.000000150. The summed E-state index contributed by atoms with van der Waals surface area (Å²) in [6.07, 6.45) is -1.08. The molecule has 0 radical (unpaired) electrons. The number of nitro groups is 1. The molecule has 0 fully saturated rings. The molecule has 0 saturated heterocycles. The van der Waals surface area contributed by atoms with Crippen molar-refractivity contribution in [1.29, 1.82) is 0 Å². The second-order valence-electron chi connectivity index (χ2n) is 2.98. The average molecular weight is 405 g/mol. The van der Waals surface area contributed by atoms with E-state index in [9.17, 15) is 20.0 Å². The van der Waals surface area contributed by atoms with Gasteiger partial charge in [-0.3, -0.25) is 10.1 Å². The number of benzene rings is 1. The number of nitro benzene ring substituents is 1. The van der Waals surface area contributed by atoms with Gasteiger partial charge in [-0.2, -0.15) is 0 Å². The smallest absolute Gasteiger partial charge is 0.342 e. The van der Waals surface area contributed by atoms with E-state index in [1.54, 1.807) is 0 Å². The van der Waals surface area contributed by atoms with E-state index >= 15 is 0 Å². The summed E-state index contributed by atoms with van der Waals surface area (Å²) >= 11 is 0. The number of halogens is 4. The van der Waals surface area contributed by atoms with Crippen molar-refractivity contribution >= 4 is 61.3 Å². The van der Waals surface area contributed by atoms with Gasteiger partial charge in [-0.25, -0.2) is 4.79 Å². The Morgan fingerprint density at radius 3 is 2.00 bits per heavy atom. The van der Waals surface area contributed by atoms with Crippen LogP contribution in [0.4, 0.5) is 5.69 Å². The van der Waals surface area contributed by atoms with Crippen LogP contribution in [-0.4, -0.2) is 21.1 Å². The topological polar surface area (TPSA) is 101 Å². The van der Waals surface area contributed by atoms with Crippen molar-refractivity contribution in [2.24, 2.45) is 0 Å². The summed E-state index contributed by atoms with van der Waals surface area (Å²) in [6.45, 7) is 1.34. The van der Waals surface area contributed by atoms with Crippen molar-refractivity contribution in [2.45, 2.75) is 13.0 Å². The molecule has 6 nitrogen and oxygen atoms in total. The Labute approximate surface area is 155 Å². The molecule has 0 aliphatic rings. The molecular formula is C9H13Cl4NO5Ti. The van der Waals surface area contributed by atoms with Crippen LogP contribution in [0.5, 0.6) is 0 Å². The zero-order valence-corrected chi connectivity index (χ0v) is 14.8. The fraction of sp³-hybridized carbons (Fsp3) is 0.222. The normalized spacial score (nSPS) is 9.10. The SMILES string of the molecule is CC(O)c1cccc(C(=O)O)c1[N+](=O)[O-].Cl.Cl.Cl.Cl.[Ti]. The molecule has 1 atom stereocenters. The summed E-state index contributed by atoms with van der Waals surface area (Å²) in [7, 11) is 0. The molecule has 1 aromatic carbocycles. The molecule has 1 rings (SSSR count). The van der Waals surface area contributed by atoms with E-state index in [-0.39, 0.29) is 76.9 Å². The summed E-state index contributed by atoms with van der Waals surface area (Å²) in [6, 6.07) is 3.82. The van der Waals surface area contributed by atoms with E-state index in [1.807, 2.05) is 0 Å². The third-order valence-electron chi connectivity index (χ3n) is 1.93. The number of aromatic carboxylic acids is 1. The van der Waals surface area contributed by atoms with E-state index in [2.05, 4.69) is 0 Å². The van der Waals surface area contributed by atoms with Gasteiger partial charge < -0.3 is 10.2 Å². The molecular weight excluding hydrogens is 392 g/mol. The summed E-state index contributed by atoms with van der Waals surface area (Å²) < 4.78 is 0. The van der Waals surface area contributed by atoms with Gasteiger partial charge in [-0.15, -0.1) is 49.6 Å². The van der Waals surface area contributed by atoms with Gasteiger partial charge in [0.2, 0.25) is 0 Å². The maximum Gasteiger partial charge on any atom is 0.342 e. The molecule has 0 bridgehead atoms. The van der Waals surface area contributed by atoms with Crippen molar-refractivity contribution < 1.29 is 41.6 Å². The number of aliphatic hydroxyl groups is 1. The van der Waals surface area contributed by atoms with E-state index in [4.69, 9.17) is 5.11 Å². The predicted molar refractivity (Wildman–Crippen MR) is 79.7 cm³/mol. The first-order valence-corrected chi connectivity index (χ1v) is 4.13. The number of carbonyl (C=O) groups is 1. The average Bonchev–Trinajstić information content (AvgIpc) is 2.16. The molecule has 0 amide bonds. The van der Waals surface area contributed by atoms with Gasteiger partial charge in [0.15, 0.2) is 0 Å². The van der Waals surface area contributed by atoms with Gasteiger partial charge >= 0.3 is 5.97 Å². The fourth-order valence-corrected chi connectivity index (χ4v) is 1.27. The number of hydrogen-bond acceptors (Lipinski definition) is 4. The first-order chi connectivity index (χ1) is 6.95. The molecule has 116 valence electrons. The molecule has 20 heavy (non-hydrogen) atoms. The van der Waals surface area contributed by atoms with Gasteiger partial charge in [-0.1, -0.05) is 6.07 Å². The largest absolute Gasteiger partial charge is 0.477 e. The van der Waals surface area contributed by atoms with E-state index in [1.165, 1.54) is 19.1 Å². The molecule has 1 unspecified atom stereocenters. The van der Waals surface area contributed by atoms with Crippen molar-refractivity contribution in [3.05, 3.63) is 39.4 Å². The maximum atomic E-state index is 10.7. The van der Waals surface area contributed by atoms with Crippen molar-refractivity contribution in [3.8, 4) is 0 Å². The molecule has 0 heterocycles. The number of para-hydroxylation sites is 1. The van der Waals surface area contributed by atoms with Crippen LogP contribution in [0.15, 0.2) is 18.2 Å². The number of carboxylic acids is 1. The first-order valence-electron chi connectivity index (χ1n) is 4.13. The number of hydrogen-bond donors (Lipinski definition) is 2. The molecule has 11 heteroatoms. The van der Waals surface area contributed by atoms with Crippen LogP contribution in [0, 0.1) is 10.1 Å². The minimum absolute atomic E-state index is 0. The molecule has 0 spiro atoms. The number of nitrogens with zero attached hydrogens (tertiary/aromatic N) is 1. The van der Waals surface area contributed by atoms with Crippen LogP contribution in [0.2, 0.25) is 0 Å². The Hall–Kier alpha value is -0.0757. The van der Waals surface area contributed by atoms with Crippen LogP contribution in [0.3, 0.4) is 0 Å². The molecule has 0 saturated carbocycles. The zero-order chi connectivity index (χ0) is 11.6. The second-order valence-corrected chi connectivity index (χ2v) is 2.98. The minimum Gasteiger partial charge on any atom is -0.477 e. The Bertz CT molecular complexity index is 433. The van der Waals surface area contributed by atoms with Gasteiger partial charge in [0, 0.05) is 21.7 Å². The number of rotatable bonds is 3. The van der Waals surface area contributed by atoms with Crippen molar-refractivity contribution in [2.75, 3.05) is 0 Å². The van der Waals surface area contributed by atoms with Gasteiger partial charge in [0.25, 0.3) is 5.69 Å². The first kappa shape index (κ1) is 32.0. The van der Waals surface area contributed by atoms with Crippen molar-refractivity contribution in [3.63, 3.8) is 0 Å². The minimum atomic E-state index is -1.38. The fourth-order valence-electron chi connectivity index (χ4n) is 1.27.